The second-order valence-corrected chi connectivity index (χ2v) is 5.03. The third-order valence-electron chi connectivity index (χ3n) is 3.42. The molecular weight excluding hydrogens is 287 g/mol. The van der Waals surface area contributed by atoms with Gasteiger partial charge in [0, 0.05) is 24.3 Å². The monoisotopic (exact) mass is 303 g/mol. The van der Waals surface area contributed by atoms with Gasteiger partial charge in [-0.25, -0.2) is 0 Å². The molecule has 2 N–H and O–H groups in total. The maximum atomic E-state index is 12.9. The first-order valence-electron chi connectivity index (χ1n) is 6.71. The Bertz CT molecular complexity index is 512. The lowest BCUT2D eigenvalue weighted by Crippen LogP contribution is -2.31. The maximum absolute atomic E-state index is 12.9. The van der Waals surface area contributed by atoms with Gasteiger partial charge in [0.05, 0.1) is 4.92 Å². The Kier molecular flexibility index (Phi) is 4.66. The topological polar surface area (TPSA) is 67.2 Å². The van der Waals surface area contributed by atoms with Crippen molar-refractivity contribution < 1.29 is 18.1 Å². The first kappa shape index (κ1) is 15.6. The zero-order valence-electron chi connectivity index (χ0n) is 11.2. The molecule has 1 atom stereocenters. The van der Waals surface area contributed by atoms with E-state index in [1.807, 2.05) is 0 Å². The highest BCUT2D eigenvalue weighted by Crippen LogP contribution is 2.37. The van der Waals surface area contributed by atoms with Crippen molar-refractivity contribution in [3.05, 3.63) is 33.9 Å². The van der Waals surface area contributed by atoms with Crippen LogP contribution in [-0.4, -0.2) is 24.1 Å². The number of alkyl halides is 3. The van der Waals surface area contributed by atoms with Gasteiger partial charge >= 0.3 is 6.18 Å². The van der Waals surface area contributed by atoms with E-state index in [1.54, 1.807) is 0 Å². The Labute approximate surface area is 119 Å². The molecule has 0 amide bonds. The van der Waals surface area contributed by atoms with Gasteiger partial charge in [0.15, 0.2) is 0 Å². The molecular formula is C13H16F3N3O2. The molecule has 5 nitrogen and oxygen atoms in total. The lowest BCUT2D eigenvalue weighted by Gasteiger charge is -2.18. The number of rotatable bonds is 3. The summed E-state index contributed by atoms with van der Waals surface area (Å²) < 4.78 is 38.7. The summed E-state index contributed by atoms with van der Waals surface area (Å²) in [6, 6.07) is 3.05. The van der Waals surface area contributed by atoms with Crippen LogP contribution in [0.2, 0.25) is 0 Å². The summed E-state index contributed by atoms with van der Waals surface area (Å²) in [5.74, 6) is 0. The number of anilines is 1. The van der Waals surface area contributed by atoms with Crippen LogP contribution in [0.25, 0.3) is 0 Å². The number of benzene rings is 1. The number of hydrogen-bond acceptors (Lipinski definition) is 4. The van der Waals surface area contributed by atoms with E-state index in [9.17, 15) is 23.3 Å². The third-order valence-corrected chi connectivity index (χ3v) is 3.42. The first-order chi connectivity index (χ1) is 9.88. The third kappa shape index (κ3) is 4.07. The molecule has 116 valence electrons. The van der Waals surface area contributed by atoms with Crippen LogP contribution >= 0.6 is 0 Å². The summed E-state index contributed by atoms with van der Waals surface area (Å²) in [6.45, 7) is 1.56. The van der Waals surface area contributed by atoms with Gasteiger partial charge < -0.3 is 10.6 Å². The predicted octanol–water partition coefficient (Wildman–Crippen LogP) is 3.17. The normalized spacial score (nSPS) is 19.9. The van der Waals surface area contributed by atoms with Crippen molar-refractivity contribution in [1.29, 1.82) is 0 Å². The summed E-state index contributed by atoms with van der Waals surface area (Å²) in [7, 11) is 0. The number of nitrogens with one attached hydrogen (secondary N) is 2. The van der Waals surface area contributed by atoms with Crippen molar-refractivity contribution in [2.24, 2.45) is 0 Å². The molecule has 1 aromatic carbocycles. The van der Waals surface area contributed by atoms with Gasteiger partial charge in [-0.1, -0.05) is 6.42 Å². The van der Waals surface area contributed by atoms with Gasteiger partial charge in [-0.3, -0.25) is 10.1 Å². The quantitative estimate of drug-likeness (QED) is 0.665. The van der Waals surface area contributed by atoms with Gasteiger partial charge in [0.1, 0.15) is 5.56 Å². The average Bonchev–Trinajstić information content (AvgIpc) is 2.66. The van der Waals surface area contributed by atoms with Crippen LogP contribution < -0.4 is 10.6 Å². The lowest BCUT2D eigenvalue weighted by atomic mass is 10.1. The molecule has 1 fully saturated rings. The zero-order chi connectivity index (χ0) is 15.5. The molecule has 0 radical (unpaired) electrons. The molecule has 21 heavy (non-hydrogen) atoms. The standard InChI is InChI=1S/C13H16F3N3O2/c14-13(15,16)11-7-9(4-5-12(11)19(20)21)18-10-3-1-2-6-17-8-10/h4-5,7,10,17-18H,1-3,6,8H2. The molecule has 1 saturated heterocycles. The SMILES string of the molecule is O=[N+]([O-])c1ccc(NC2CCCCNC2)cc1C(F)(F)F. The number of nitrogens with zero attached hydrogens (tertiary/aromatic N) is 1. The fraction of sp³-hybridized carbons (Fsp3) is 0.538. The molecule has 1 unspecified atom stereocenters. The minimum Gasteiger partial charge on any atom is -0.381 e. The van der Waals surface area contributed by atoms with Crippen LogP contribution in [0.15, 0.2) is 18.2 Å². The Hall–Kier alpha value is -1.83. The fourth-order valence-electron chi connectivity index (χ4n) is 2.39. The van der Waals surface area contributed by atoms with Gasteiger partial charge in [-0.05, 0) is 31.5 Å². The van der Waals surface area contributed by atoms with Crippen molar-refractivity contribution in [1.82, 2.24) is 5.32 Å². The lowest BCUT2D eigenvalue weighted by molar-refractivity contribution is -0.388. The van der Waals surface area contributed by atoms with E-state index in [2.05, 4.69) is 10.6 Å². The van der Waals surface area contributed by atoms with E-state index in [0.717, 1.165) is 37.9 Å². The first-order valence-corrected chi connectivity index (χ1v) is 6.71. The Morgan fingerprint density at radius 2 is 2.10 bits per heavy atom. The van der Waals surface area contributed by atoms with Crippen molar-refractivity contribution in [3.63, 3.8) is 0 Å². The molecule has 8 heteroatoms. The molecule has 0 saturated carbocycles. The minimum absolute atomic E-state index is 0.0232. The fourth-order valence-corrected chi connectivity index (χ4v) is 2.39. The molecule has 0 spiro atoms. The molecule has 1 aliphatic rings. The highest BCUT2D eigenvalue weighted by Gasteiger charge is 2.38. The van der Waals surface area contributed by atoms with Crippen LogP contribution in [0.3, 0.4) is 0 Å². The minimum atomic E-state index is -4.75. The Balaban J connectivity index is 2.22. The maximum Gasteiger partial charge on any atom is 0.423 e. The van der Waals surface area contributed by atoms with E-state index in [4.69, 9.17) is 0 Å². The second-order valence-electron chi connectivity index (χ2n) is 5.03. The van der Waals surface area contributed by atoms with E-state index in [-0.39, 0.29) is 11.7 Å². The van der Waals surface area contributed by atoms with Crippen LogP contribution in [0.4, 0.5) is 24.5 Å². The number of hydrogen-bond donors (Lipinski definition) is 2. The van der Waals surface area contributed by atoms with Gasteiger partial charge in [0.2, 0.25) is 0 Å². The molecule has 1 heterocycles. The number of nitro benzene ring substituents is 1. The summed E-state index contributed by atoms with van der Waals surface area (Å²) >= 11 is 0. The molecule has 0 bridgehead atoms. The van der Waals surface area contributed by atoms with Crippen molar-refractivity contribution in [3.8, 4) is 0 Å². The smallest absolute Gasteiger partial charge is 0.381 e. The highest BCUT2D eigenvalue weighted by molar-refractivity contribution is 5.55. The molecule has 2 rings (SSSR count). The van der Waals surface area contributed by atoms with Crippen molar-refractivity contribution in [2.75, 3.05) is 18.4 Å². The zero-order valence-corrected chi connectivity index (χ0v) is 11.2. The van der Waals surface area contributed by atoms with Crippen LogP contribution in [-0.2, 0) is 6.18 Å². The summed E-state index contributed by atoms with van der Waals surface area (Å²) in [4.78, 5) is 9.68. The van der Waals surface area contributed by atoms with Gasteiger partial charge in [-0.15, -0.1) is 0 Å². The summed E-state index contributed by atoms with van der Waals surface area (Å²) in [5.41, 5.74) is -1.90. The number of nitro groups is 1. The van der Waals surface area contributed by atoms with Crippen molar-refractivity contribution in [2.45, 2.75) is 31.5 Å². The van der Waals surface area contributed by atoms with E-state index >= 15 is 0 Å². The van der Waals surface area contributed by atoms with E-state index in [0.29, 0.717) is 6.54 Å². The van der Waals surface area contributed by atoms with E-state index in [1.165, 1.54) is 6.07 Å². The summed E-state index contributed by atoms with van der Waals surface area (Å²) in [5, 5.41) is 16.9. The molecule has 0 aliphatic carbocycles. The molecule has 1 aliphatic heterocycles. The van der Waals surface area contributed by atoms with Crippen molar-refractivity contribution >= 4 is 11.4 Å². The molecule has 1 aromatic rings. The predicted molar refractivity (Wildman–Crippen MR) is 72.2 cm³/mol. The highest BCUT2D eigenvalue weighted by atomic mass is 19.4. The Morgan fingerprint density at radius 3 is 2.76 bits per heavy atom. The Morgan fingerprint density at radius 1 is 1.33 bits per heavy atom. The largest absolute Gasteiger partial charge is 0.423 e. The van der Waals surface area contributed by atoms with Crippen LogP contribution in [0.1, 0.15) is 24.8 Å². The molecule has 0 aromatic heterocycles. The van der Waals surface area contributed by atoms with E-state index < -0.39 is 22.4 Å². The second kappa shape index (κ2) is 6.30. The van der Waals surface area contributed by atoms with Gasteiger partial charge in [0.25, 0.3) is 5.69 Å². The van der Waals surface area contributed by atoms with Crippen LogP contribution in [0, 0.1) is 10.1 Å². The van der Waals surface area contributed by atoms with Crippen LogP contribution in [0.5, 0.6) is 0 Å². The number of halogens is 3. The average molecular weight is 303 g/mol. The summed E-state index contributed by atoms with van der Waals surface area (Å²) in [6.07, 6.45) is -1.87. The van der Waals surface area contributed by atoms with Gasteiger partial charge in [-0.2, -0.15) is 13.2 Å².